The molecule has 0 radical (unpaired) electrons. The Hall–Kier alpha value is -3.77. The molecular weight excluding hydrogens is 475 g/mol. The third-order valence-corrected chi connectivity index (χ3v) is 4.95. The molecule has 4 N–H and O–H groups in total. The molecule has 12 heteroatoms. The van der Waals surface area contributed by atoms with Crippen LogP contribution in [0.5, 0.6) is 11.5 Å². The Morgan fingerprint density at radius 2 is 1.59 bits per heavy atom. The number of phenols is 1. The van der Waals surface area contributed by atoms with Crippen molar-refractivity contribution in [3.8, 4) is 11.5 Å². The van der Waals surface area contributed by atoms with Crippen LogP contribution in [-0.2, 0) is 30.2 Å². The summed E-state index contributed by atoms with van der Waals surface area (Å²) in [7, 11) is -2.84. The summed E-state index contributed by atoms with van der Waals surface area (Å²) in [5, 5.41) is 14.9. The smallest absolute Gasteiger partial charge is 0.419 e. The first-order valence-electron chi connectivity index (χ1n) is 9.77. The van der Waals surface area contributed by atoms with Gasteiger partial charge in [0, 0.05) is 23.5 Å². The first-order chi connectivity index (χ1) is 16.1. The van der Waals surface area contributed by atoms with Crippen molar-refractivity contribution in [3.05, 3.63) is 83.4 Å². The number of ether oxygens (including phenoxy) is 1. The van der Waals surface area contributed by atoms with Gasteiger partial charge in [-0.3, -0.25) is 0 Å². The van der Waals surface area contributed by atoms with E-state index in [1.54, 1.807) is 24.3 Å². The standard InChI is InChI=1S/C22H20F3N3O5S/c23-22(24,25)18-3-1-2-4-20(18)33-13-14-5-7-16(8-6-14)27-21(30)28-17-9-10-19(29)15(11-17)12-26-34(31)32/h1-11,29,34H,12-13H2,(H,26,31,32)(H2,27,28,30). The van der Waals surface area contributed by atoms with E-state index >= 15 is 0 Å². The summed E-state index contributed by atoms with van der Waals surface area (Å²) in [6, 6.07) is 14.8. The number of carbonyl (C=O) groups is 1. The van der Waals surface area contributed by atoms with Gasteiger partial charge in [0.1, 0.15) is 18.1 Å². The van der Waals surface area contributed by atoms with Crippen molar-refractivity contribution >= 4 is 28.3 Å². The molecule has 0 bridgehead atoms. The van der Waals surface area contributed by atoms with Gasteiger partial charge in [-0.05, 0) is 48.0 Å². The van der Waals surface area contributed by atoms with Gasteiger partial charge >= 0.3 is 12.2 Å². The maximum Gasteiger partial charge on any atom is 0.419 e. The van der Waals surface area contributed by atoms with Crippen molar-refractivity contribution in [2.45, 2.75) is 19.3 Å². The number of rotatable bonds is 8. The number of hydrogen-bond donors (Lipinski definition) is 5. The van der Waals surface area contributed by atoms with Crippen LogP contribution in [0.3, 0.4) is 0 Å². The molecule has 3 rings (SSSR count). The lowest BCUT2D eigenvalue weighted by Gasteiger charge is -2.14. The van der Waals surface area contributed by atoms with Gasteiger partial charge in [-0.15, -0.1) is 0 Å². The molecular formula is C22H20F3N3O5S. The predicted octanol–water partition coefficient (Wildman–Crippen LogP) is 4.25. The van der Waals surface area contributed by atoms with Gasteiger partial charge in [-0.25, -0.2) is 17.9 Å². The van der Waals surface area contributed by atoms with Gasteiger partial charge in [0.05, 0.1) is 5.56 Å². The zero-order chi connectivity index (χ0) is 24.7. The number of urea groups is 1. The highest BCUT2D eigenvalue weighted by atomic mass is 32.2. The molecule has 0 aromatic heterocycles. The van der Waals surface area contributed by atoms with E-state index in [4.69, 9.17) is 4.74 Å². The van der Waals surface area contributed by atoms with Crippen molar-refractivity contribution in [2.75, 3.05) is 10.6 Å². The minimum Gasteiger partial charge on any atom is -0.508 e. The van der Waals surface area contributed by atoms with Crippen LogP contribution in [0.2, 0.25) is 0 Å². The molecule has 0 spiro atoms. The first-order valence-corrected chi connectivity index (χ1v) is 11.0. The number of para-hydroxylation sites is 1. The van der Waals surface area contributed by atoms with E-state index in [2.05, 4.69) is 15.4 Å². The molecule has 0 atom stereocenters. The normalized spacial score (nSPS) is 11.3. The molecule has 0 fully saturated rings. The molecule has 8 nitrogen and oxygen atoms in total. The molecule has 0 saturated carbocycles. The number of halogens is 3. The van der Waals surface area contributed by atoms with Gasteiger partial charge in [-0.1, -0.05) is 24.3 Å². The van der Waals surface area contributed by atoms with Crippen molar-refractivity contribution in [3.63, 3.8) is 0 Å². The minimum absolute atomic E-state index is 0.0984. The van der Waals surface area contributed by atoms with Crippen molar-refractivity contribution < 1.29 is 36.2 Å². The number of amides is 2. The van der Waals surface area contributed by atoms with E-state index in [0.29, 0.717) is 16.9 Å². The highest BCUT2D eigenvalue weighted by Gasteiger charge is 2.33. The number of anilines is 2. The fourth-order valence-electron chi connectivity index (χ4n) is 2.92. The average molecular weight is 495 g/mol. The Labute approximate surface area is 194 Å². The quantitative estimate of drug-likeness (QED) is 0.237. The second-order valence-electron chi connectivity index (χ2n) is 6.99. The lowest BCUT2D eigenvalue weighted by Crippen LogP contribution is -2.19. The molecule has 0 aliphatic rings. The lowest BCUT2D eigenvalue weighted by atomic mass is 10.2. The number of aromatic hydroxyl groups is 1. The number of benzene rings is 3. The molecule has 0 heterocycles. The second-order valence-corrected chi connectivity index (χ2v) is 7.82. The zero-order valence-corrected chi connectivity index (χ0v) is 18.3. The highest BCUT2D eigenvalue weighted by molar-refractivity contribution is 7.70. The summed E-state index contributed by atoms with van der Waals surface area (Å²) >= 11 is 0. The fraction of sp³-hybridized carbons (Fsp3) is 0.136. The zero-order valence-electron chi connectivity index (χ0n) is 17.4. The molecule has 0 aliphatic heterocycles. The van der Waals surface area contributed by atoms with E-state index in [-0.39, 0.29) is 30.2 Å². The van der Waals surface area contributed by atoms with Crippen molar-refractivity contribution in [2.24, 2.45) is 0 Å². The molecule has 180 valence electrons. The SMILES string of the molecule is O=C(Nc1ccc(COc2ccccc2C(F)(F)F)cc1)Nc1ccc(O)c(CN[SH](=O)=O)c1. The molecule has 3 aromatic rings. The largest absolute Gasteiger partial charge is 0.508 e. The molecule has 0 saturated heterocycles. The van der Waals surface area contributed by atoms with Crippen molar-refractivity contribution in [1.82, 2.24) is 4.72 Å². The number of hydrogen-bond acceptors (Lipinski definition) is 5. The Morgan fingerprint density at radius 3 is 2.26 bits per heavy atom. The topological polar surface area (TPSA) is 117 Å². The van der Waals surface area contributed by atoms with Crippen molar-refractivity contribution in [1.29, 1.82) is 0 Å². The van der Waals surface area contributed by atoms with Crippen LogP contribution in [-0.4, -0.2) is 19.6 Å². The molecule has 34 heavy (non-hydrogen) atoms. The van der Waals surface area contributed by atoms with E-state index in [1.807, 2.05) is 0 Å². The lowest BCUT2D eigenvalue weighted by molar-refractivity contribution is -0.139. The second kappa shape index (κ2) is 10.9. The van der Waals surface area contributed by atoms with Crippen LogP contribution in [0.15, 0.2) is 66.7 Å². The van der Waals surface area contributed by atoms with Crippen LogP contribution in [0.1, 0.15) is 16.7 Å². The molecule has 3 aromatic carbocycles. The Bertz CT molecular complexity index is 1220. The van der Waals surface area contributed by atoms with Crippen LogP contribution in [0.4, 0.5) is 29.3 Å². The number of carbonyl (C=O) groups excluding carboxylic acids is 1. The minimum atomic E-state index is -4.53. The summed E-state index contributed by atoms with van der Waals surface area (Å²) in [6.07, 6.45) is -4.53. The summed E-state index contributed by atoms with van der Waals surface area (Å²) in [5.74, 6) is -0.409. The fourth-order valence-corrected chi connectivity index (χ4v) is 3.22. The number of phenolic OH excluding ortho intramolecular Hbond substituents is 1. The summed E-state index contributed by atoms with van der Waals surface area (Å²) in [5.41, 5.74) is 0.742. The third kappa shape index (κ3) is 7.12. The summed E-state index contributed by atoms with van der Waals surface area (Å²) < 4.78 is 67.9. The van der Waals surface area contributed by atoms with Gasteiger partial charge in [0.15, 0.2) is 0 Å². The molecule has 2 amide bonds. The molecule has 0 aliphatic carbocycles. The van der Waals surface area contributed by atoms with E-state index in [9.17, 15) is 31.5 Å². The number of alkyl halides is 3. The van der Waals surface area contributed by atoms with Crippen LogP contribution in [0, 0.1) is 0 Å². The van der Waals surface area contributed by atoms with Crippen LogP contribution in [0.25, 0.3) is 0 Å². The Kier molecular flexibility index (Phi) is 7.97. The summed E-state index contributed by atoms with van der Waals surface area (Å²) in [6.45, 7) is -0.239. The van der Waals surface area contributed by atoms with Gasteiger partial charge in [0.2, 0.25) is 10.9 Å². The van der Waals surface area contributed by atoms with Gasteiger partial charge < -0.3 is 20.5 Å². The van der Waals surface area contributed by atoms with E-state index in [1.165, 1.54) is 36.4 Å². The first kappa shape index (κ1) is 24.9. The van der Waals surface area contributed by atoms with E-state index in [0.717, 1.165) is 6.07 Å². The Balaban J connectivity index is 1.57. The maximum atomic E-state index is 13.1. The van der Waals surface area contributed by atoms with Crippen LogP contribution < -0.4 is 20.1 Å². The summed E-state index contributed by atoms with van der Waals surface area (Å²) in [4.78, 5) is 12.2. The Morgan fingerprint density at radius 1 is 0.941 bits per heavy atom. The predicted molar refractivity (Wildman–Crippen MR) is 120 cm³/mol. The third-order valence-electron chi connectivity index (χ3n) is 4.53. The maximum absolute atomic E-state index is 13.1. The van der Waals surface area contributed by atoms with Crippen LogP contribution >= 0.6 is 0 Å². The average Bonchev–Trinajstić information content (AvgIpc) is 2.78. The monoisotopic (exact) mass is 495 g/mol. The van der Waals surface area contributed by atoms with Gasteiger partial charge in [0.25, 0.3) is 0 Å². The number of thiol groups is 1. The van der Waals surface area contributed by atoms with E-state index < -0.39 is 28.7 Å². The van der Waals surface area contributed by atoms with Gasteiger partial charge in [-0.2, -0.15) is 13.2 Å². The highest BCUT2D eigenvalue weighted by Crippen LogP contribution is 2.36. The number of nitrogens with one attached hydrogen (secondary N) is 3. The molecule has 0 unspecified atom stereocenters.